The Morgan fingerprint density at radius 1 is 1.33 bits per heavy atom. The highest BCUT2D eigenvalue weighted by atomic mass is 16.5. The zero-order valence-electron chi connectivity index (χ0n) is 11.4. The zero-order chi connectivity index (χ0) is 12.8. The molecule has 0 bridgehead atoms. The molecule has 4 nitrogen and oxygen atoms in total. The number of methoxy groups -OCH3 is 1. The van der Waals surface area contributed by atoms with E-state index in [2.05, 4.69) is 22.1 Å². The molecule has 4 heteroatoms. The highest BCUT2D eigenvalue weighted by Crippen LogP contribution is 2.13. The van der Waals surface area contributed by atoms with Crippen molar-refractivity contribution < 1.29 is 4.74 Å². The maximum absolute atomic E-state index is 5.10. The molecular weight excluding hydrogens is 226 g/mol. The molecule has 0 radical (unpaired) electrons. The number of ether oxygens (including phenoxy) is 1. The molecule has 18 heavy (non-hydrogen) atoms. The molecule has 2 rings (SSSR count). The van der Waals surface area contributed by atoms with Crippen molar-refractivity contribution in [1.29, 1.82) is 0 Å². The van der Waals surface area contributed by atoms with Crippen LogP contribution in [0.4, 0.5) is 5.82 Å². The third-order valence-corrected chi connectivity index (χ3v) is 3.35. The van der Waals surface area contributed by atoms with Crippen molar-refractivity contribution in [1.82, 2.24) is 9.88 Å². The first-order chi connectivity index (χ1) is 8.78. The van der Waals surface area contributed by atoms with Gasteiger partial charge in [0, 0.05) is 12.6 Å². The second-order valence-corrected chi connectivity index (χ2v) is 4.99. The van der Waals surface area contributed by atoms with Crippen molar-refractivity contribution in [2.24, 2.45) is 0 Å². The lowest BCUT2D eigenvalue weighted by atomic mass is 10.1. The second kappa shape index (κ2) is 6.59. The standard InChI is InChI=1S/C14H23N3O/c1-12(11-17-8-4-3-5-9-17)16-14-7-6-13(18-2)10-15-14/h6-7,10,12H,3-5,8-9,11H2,1-2H3,(H,15,16). The predicted molar refractivity (Wildman–Crippen MR) is 74.2 cm³/mol. The van der Waals surface area contributed by atoms with Gasteiger partial charge in [-0.05, 0) is 45.0 Å². The summed E-state index contributed by atoms with van der Waals surface area (Å²) in [6.45, 7) is 5.78. The molecule has 1 aromatic heterocycles. The first-order valence-corrected chi connectivity index (χ1v) is 6.77. The summed E-state index contributed by atoms with van der Waals surface area (Å²) in [5, 5.41) is 3.43. The fourth-order valence-electron chi connectivity index (χ4n) is 2.41. The van der Waals surface area contributed by atoms with Gasteiger partial charge in [0.05, 0.1) is 13.3 Å². The largest absolute Gasteiger partial charge is 0.495 e. The number of likely N-dealkylation sites (tertiary alicyclic amines) is 1. The summed E-state index contributed by atoms with van der Waals surface area (Å²) in [6.07, 6.45) is 5.81. The highest BCUT2D eigenvalue weighted by Gasteiger charge is 2.13. The van der Waals surface area contributed by atoms with Gasteiger partial charge in [0.2, 0.25) is 0 Å². The first-order valence-electron chi connectivity index (χ1n) is 6.77. The molecular formula is C14H23N3O. The smallest absolute Gasteiger partial charge is 0.137 e. The number of piperidine rings is 1. The predicted octanol–water partition coefficient (Wildman–Crippen LogP) is 2.38. The molecule has 1 atom stereocenters. The van der Waals surface area contributed by atoms with Gasteiger partial charge < -0.3 is 15.0 Å². The number of nitrogens with zero attached hydrogens (tertiary/aromatic N) is 2. The van der Waals surface area contributed by atoms with E-state index in [1.807, 2.05) is 12.1 Å². The SMILES string of the molecule is COc1ccc(NC(C)CN2CCCCC2)nc1. The summed E-state index contributed by atoms with van der Waals surface area (Å²) in [6, 6.07) is 4.32. The van der Waals surface area contributed by atoms with Crippen molar-refractivity contribution in [3.63, 3.8) is 0 Å². The van der Waals surface area contributed by atoms with Gasteiger partial charge in [0.15, 0.2) is 0 Å². The quantitative estimate of drug-likeness (QED) is 0.869. The summed E-state index contributed by atoms with van der Waals surface area (Å²) in [5.74, 6) is 1.71. The maximum atomic E-state index is 5.10. The molecule has 1 unspecified atom stereocenters. The Kier molecular flexibility index (Phi) is 4.81. The van der Waals surface area contributed by atoms with Crippen LogP contribution < -0.4 is 10.1 Å². The number of hydrogen-bond donors (Lipinski definition) is 1. The van der Waals surface area contributed by atoms with Crippen molar-refractivity contribution >= 4 is 5.82 Å². The topological polar surface area (TPSA) is 37.4 Å². The monoisotopic (exact) mass is 249 g/mol. The first kappa shape index (κ1) is 13.1. The van der Waals surface area contributed by atoms with Crippen LogP contribution >= 0.6 is 0 Å². The fourth-order valence-corrected chi connectivity index (χ4v) is 2.41. The van der Waals surface area contributed by atoms with Crippen LogP contribution in [0.5, 0.6) is 5.75 Å². The van der Waals surface area contributed by atoms with Gasteiger partial charge in [-0.3, -0.25) is 0 Å². The van der Waals surface area contributed by atoms with Crippen LogP contribution in [-0.4, -0.2) is 42.7 Å². The lowest BCUT2D eigenvalue weighted by molar-refractivity contribution is 0.223. The third-order valence-electron chi connectivity index (χ3n) is 3.35. The molecule has 1 aliphatic heterocycles. The van der Waals surface area contributed by atoms with Gasteiger partial charge in [-0.15, -0.1) is 0 Å². The molecule has 2 heterocycles. The normalized spacial score (nSPS) is 18.3. The number of anilines is 1. The number of nitrogens with one attached hydrogen (secondary N) is 1. The highest BCUT2D eigenvalue weighted by molar-refractivity contribution is 5.38. The molecule has 1 fully saturated rings. The van der Waals surface area contributed by atoms with E-state index >= 15 is 0 Å². The number of rotatable bonds is 5. The van der Waals surface area contributed by atoms with Gasteiger partial charge in [-0.1, -0.05) is 6.42 Å². The lowest BCUT2D eigenvalue weighted by Crippen LogP contribution is -2.38. The Morgan fingerprint density at radius 2 is 2.11 bits per heavy atom. The van der Waals surface area contributed by atoms with Crippen LogP contribution in [0.15, 0.2) is 18.3 Å². The molecule has 1 N–H and O–H groups in total. The van der Waals surface area contributed by atoms with Crippen LogP contribution in [0.25, 0.3) is 0 Å². The van der Waals surface area contributed by atoms with E-state index < -0.39 is 0 Å². The van der Waals surface area contributed by atoms with Crippen LogP contribution in [-0.2, 0) is 0 Å². The maximum Gasteiger partial charge on any atom is 0.137 e. The zero-order valence-corrected chi connectivity index (χ0v) is 11.4. The van der Waals surface area contributed by atoms with Gasteiger partial charge in [-0.2, -0.15) is 0 Å². The van der Waals surface area contributed by atoms with Gasteiger partial charge >= 0.3 is 0 Å². The van der Waals surface area contributed by atoms with E-state index in [0.717, 1.165) is 18.1 Å². The van der Waals surface area contributed by atoms with E-state index in [1.165, 1.54) is 32.4 Å². The molecule has 1 aliphatic rings. The summed E-state index contributed by atoms with van der Waals surface area (Å²) in [7, 11) is 1.66. The Bertz CT molecular complexity index is 347. The fraction of sp³-hybridized carbons (Fsp3) is 0.643. The van der Waals surface area contributed by atoms with Crippen molar-refractivity contribution in [2.75, 3.05) is 32.1 Å². The minimum Gasteiger partial charge on any atom is -0.495 e. The summed E-state index contributed by atoms with van der Waals surface area (Å²) >= 11 is 0. The molecule has 100 valence electrons. The van der Waals surface area contributed by atoms with E-state index in [0.29, 0.717) is 6.04 Å². The molecule has 1 saturated heterocycles. The molecule has 0 saturated carbocycles. The number of aromatic nitrogens is 1. The Labute approximate surface area is 109 Å². The minimum absolute atomic E-state index is 0.420. The van der Waals surface area contributed by atoms with Crippen LogP contribution in [0.2, 0.25) is 0 Å². The Morgan fingerprint density at radius 3 is 2.72 bits per heavy atom. The number of pyridine rings is 1. The molecule has 0 aromatic carbocycles. The Hall–Kier alpha value is -1.29. The molecule has 1 aromatic rings. The van der Waals surface area contributed by atoms with E-state index in [-0.39, 0.29) is 0 Å². The Balaban J connectivity index is 1.80. The van der Waals surface area contributed by atoms with Crippen molar-refractivity contribution in [2.45, 2.75) is 32.2 Å². The third kappa shape index (κ3) is 3.88. The second-order valence-electron chi connectivity index (χ2n) is 4.99. The van der Waals surface area contributed by atoms with Crippen molar-refractivity contribution in [3.8, 4) is 5.75 Å². The molecule has 0 spiro atoms. The lowest BCUT2D eigenvalue weighted by Gasteiger charge is -2.29. The minimum atomic E-state index is 0.420. The number of hydrogen-bond acceptors (Lipinski definition) is 4. The van der Waals surface area contributed by atoms with Crippen LogP contribution in [0.3, 0.4) is 0 Å². The van der Waals surface area contributed by atoms with E-state index in [1.54, 1.807) is 13.3 Å². The van der Waals surface area contributed by atoms with Gasteiger partial charge in [0.1, 0.15) is 11.6 Å². The summed E-state index contributed by atoms with van der Waals surface area (Å²) in [4.78, 5) is 6.86. The van der Waals surface area contributed by atoms with Gasteiger partial charge in [-0.25, -0.2) is 4.98 Å². The van der Waals surface area contributed by atoms with E-state index in [4.69, 9.17) is 4.74 Å². The molecule has 0 aliphatic carbocycles. The van der Waals surface area contributed by atoms with Crippen molar-refractivity contribution in [3.05, 3.63) is 18.3 Å². The molecule has 0 amide bonds. The van der Waals surface area contributed by atoms with E-state index in [9.17, 15) is 0 Å². The average molecular weight is 249 g/mol. The summed E-state index contributed by atoms with van der Waals surface area (Å²) in [5.41, 5.74) is 0. The summed E-state index contributed by atoms with van der Waals surface area (Å²) < 4.78 is 5.10. The van der Waals surface area contributed by atoms with Crippen LogP contribution in [0.1, 0.15) is 26.2 Å². The van der Waals surface area contributed by atoms with Crippen LogP contribution in [0, 0.1) is 0 Å². The average Bonchev–Trinajstić information content (AvgIpc) is 2.40. The van der Waals surface area contributed by atoms with Gasteiger partial charge in [0.25, 0.3) is 0 Å².